The third-order valence-corrected chi connectivity index (χ3v) is 6.21. The summed E-state index contributed by atoms with van der Waals surface area (Å²) < 4.78 is 6.01. The molecule has 0 aliphatic heterocycles. The molecule has 8 heteroatoms. The number of nitrogens with one attached hydrogen (secondary N) is 1. The fourth-order valence-corrected chi connectivity index (χ4v) is 4.47. The summed E-state index contributed by atoms with van der Waals surface area (Å²) in [5, 5.41) is 14.4. The van der Waals surface area contributed by atoms with Crippen LogP contribution in [0.2, 0.25) is 15.1 Å². The fraction of sp³-hybridized carbons (Fsp3) is 0.154. The van der Waals surface area contributed by atoms with E-state index in [2.05, 4.69) is 10.3 Å². The summed E-state index contributed by atoms with van der Waals surface area (Å²) in [4.78, 5) is 18.0. The Labute approximate surface area is 212 Å². The van der Waals surface area contributed by atoms with Crippen LogP contribution in [-0.2, 0) is 4.79 Å². The molecule has 0 saturated carbocycles. The SMILES string of the molecule is CCCC(C(=O)Nc1oc(-c2ccccc2)nc1-c1c(Cl)cccc1Cl)c1ccc(Cl)cc1O. The molecular weight excluding hydrogens is 495 g/mol. The number of nitrogens with zero attached hydrogens (tertiary/aromatic N) is 1. The first-order chi connectivity index (χ1) is 16.4. The van der Waals surface area contributed by atoms with Gasteiger partial charge in [-0.05, 0) is 42.8 Å². The maximum atomic E-state index is 13.4. The van der Waals surface area contributed by atoms with Crippen molar-refractivity contribution < 1.29 is 14.3 Å². The van der Waals surface area contributed by atoms with Crippen LogP contribution in [-0.4, -0.2) is 16.0 Å². The number of rotatable bonds is 7. The van der Waals surface area contributed by atoms with Crippen LogP contribution < -0.4 is 5.32 Å². The highest BCUT2D eigenvalue weighted by Crippen LogP contribution is 2.41. The predicted octanol–water partition coefficient (Wildman–Crippen LogP) is 8.20. The number of hydrogen-bond donors (Lipinski definition) is 2. The number of carbonyl (C=O) groups excluding carboxylic acids is 1. The predicted molar refractivity (Wildman–Crippen MR) is 137 cm³/mol. The van der Waals surface area contributed by atoms with E-state index in [4.69, 9.17) is 39.2 Å². The molecule has 1 amide bonds. The Morgan fingerprint density at radius 3 is 2.38 bits per heavy atom. The van der Waals surface area contributed by atoms with Crippen LogP contribution in [0.25, 0.3) is 22.7 Å². The Morgan fingerprint density at radius 1 is 1.03 bits per heavy atom. The van der Waals surface area contributed by atoms with E-state index >= 15 is 0 Å². The number of aromatic hydroxyl groups is 1. The average Bonchev–Trinajstić information content (AvgIpc) is 3.21. The molecule has 1 atom stereocenters. The number of phenolic OH excluding ortho intramolecular Hbond substituents is 1. The lowest BCUT2D eigenvalue weighted by atomic mass is 9.92. The van der Waals surface area contributed by atoms with Crippen molar-refractivity contribution in [3.8, 4) is 28.5 Å². The van der Waals surface area contributed by atoms with Crippen molar-refractivity contribution in [1.82, 2.24) is 4.98 Å². The van der Waals surface area contributed by atoms with E-state index in [1.807, 2.05) is 37.3 Å². The van der Waals surface area contributed by atoms with Crippen LogP contribution in [0.15, 0.2) is 71.1 Å². The van der Waals surface area contributed by atoms with Crippen LogP contribution in [0, 0.1) is 0 Å². The van der Waals surface area contributed by atoms with E-state index in [0.717, 1.165) is 12.0 Å². The van der Waals surface area contributed by atoms with Gasteiger partial charge < -0.3 is 9.52 Å². The number of carbonyl (C=O) groups is 1. The lowest BCUT2D eigenvalue weighted by Crippen LogP contribution is -2.21. The van der Waals surface area contributed by atoms with Crippen LogP contribution in [0.4, 0.5) is 5.88 Å². The Hall–Kier alpha value is -2.99. The number of benzene rings is 3. The second kappa shape index (κ2) is 10.5. The lowest BCUT2D eigenvalue weighted by molar-refractivity contribution is -0.117. The van der Waals surface area contributed by atoms with E-state index in [-0.39, 0.29) is 17.5 Å². The van der Waals surface area contributed by atoms with Crippen molar-refractivity contribution in [1.29, 1.82) is 0 Å². The standard InChI is InChI=1S/C26H21Cl3N2O3/c1-2-7-18(17-13-12-16(27)14-21(17)32)24(33)31-26-23(22-19(28)10-6-11-20(22)29)30-25(34-26)15-8-4-3-5-9-15/h3-6,8-14,18,32H,2,7H2,1H3,(H,31,33). The third-order valence-electron chi connectivity index (χ3n) is 5.35. The van der Waals surface area contributed by atoms with Crippen molar-refractivity contribution in [2.75, 3.05) is 5.32 Å². The zero-order chi connectivity index (χ0) is 24.2. The summed E-state index contributed by atoms with van der Waals surface area (Å²) in [6.45, 7) is 1.96. The number of amides is 1. The molecule has 4 aromatic rings. The number of hydrogen-bond acceptors (Lipinski definition) is 4. The summed E-state index contributed by atoms with van der Waals surface area (Å²) in [6.07, 6.45) is 1.22. The Kier molecular flexibility index (Phi) is 7.47. The van der Waals surface area contributed by atoms with E-state index in [0.29, 0.717) is 44.2 Å². The van der Waals surface area contributed by atoms with E-state index < -0.39 is 5.92 Å². The molecule has 0 fully saturated rings. The summed E-state index contributed by atoms with van der Waals surface area (Å²) in [5.41, 5.74) is 1.98. The quantitative estimate of drug-likeness (QED) is 0.260. The summed E-state index contributed by atoms with van der Waals surface area (Å²) in [6, 6.07) is 19.1. The van der Waals surface area contributed by atoms with Crippen molar-refractivity contribution in [2.24, 2.45) is 0 Å². The molecule has 0 aliphatic carbocycles. The van der Waals surface area contributed by atoms with Gasteiger partial charge in [0.25, 0.3) is 0 Å². The molecule has 0 bridgehead atoms. The molecule has 0 saturated heterocycles. The lowest BCUT2D eigenvalue weighted by Gasteiger charge is -2.17. The zero-order valence-corrected chi connectivity index (χ0v) is 20.5. The minimum absolute atomic E-state index is 0.0435. The monoisotopic (exact) mass is 514 g/mol. The largest absolute Gasteiger partial charge is 0.508 e. The molecule has 1 unspecified atom stereocenters. The number of oxazole rings is 1. The maximum absolute atomic E-state index is 13.4. The van der Waals surface area contributed by atoms with E-state index in [1.165, 1.54) is 6.07 Å². The zero-order valence-electron chi connectivity index (χ0n) is 18.2. The van der Waals surface area contributed by atoms with Gasteiger partial charge in [0.2, 0.25) is 17.7 Å². The minimum atomic E-state index is -0.637. The highest BCUT2D eigenvalue weighted by Gasteiger charge is 2.27. The molecular formula is C26H21Cl3N2O3. The second-order valence-corrected chi connectivity index (χ2v) is 8.94. The maximum Gasteiger partial charge on any atom is 0.234 e. The van der Waals surface area contributed by atoms with Gasteiger partial charge in [-0.25, -0.2) is 4.98 Å². The molecule has 5 nitrogen and oxygen atoms in total. The van der Waals surface area contributed by atoms with Crippen LogP contribution in [0.3, 0.4) is 0 Å². The second-order valence-electron chi connectivity index (χ2n) is 7.69. The third kappa shape index (κ3) is 5.07. The van der Waals surface area contributed by atoms with E-state index in [9.17, 15) is 9.90 Å². The normalized spacial score (nSPS) is 11.9. The van der Waals surface area contributed by atoms with Crippen molar-refractivity contribution in [2.45, 2.75) is 25.7 Å². The summed E-state index contributed by atoms with van der Waals surface area (Å²) >= 11 is 18.9. The fourth-order valence-electron chi connectivity index (χ4n) is 3.73. The number of halogens is 3. The van der Waals surface area contributed by atoms with Crippen molar-refractivity contribution in [3.05, 3.63) is 87.4 Å². The van der Waals surface area contributed by atoms with Gasteiger partial charge in [-0.1, -0.05) is 78.5 Å². The number of aromatic nitrogens is 1. The molecule has 2 N–H and O–H groups in total. The first-order valence-electron chi connectivity index (χ1n) is 10.7. The van der Waals surface area contributed by atoms with Crippen LogP contribution >= 0.6 is 34.8 Å². The molecule has 174 valence electrons. The van der Waals surface area contributed by atoms with Gasteiger partial charge in [0.1, 0.15) is 11.4 Å². The first-order valence-corrected chi connectivity index (χ1v) is 11.8. The molecule has 4 rings (SSSR count). The molecule has 1 heterocycles. The van der Waals surface area contributed by atoms with E-state index in [1.54, 1.807) is 30.3 Å². The van der Waals surface area contributed by atoms with Gasteiger partial charge in [-0.3, -0.25) is 10.1 Å². The molecule has 1 aromatic heterocycles. The molecule has 0 radical (unpaired) electrons. The average molecular weight is 516 g/mol. The summed E-state index contributed by atoms with van der Waals surface area (Å²) in [5.74, 6) is -0.614. The smallest absolute Gasteiger partial charge is 0.234 e. The number of phenols is 1. The highest BCUT2D eigenvalue weighted by atomic mass is 35.5. The topological polar surface area (TPSA) is 75.4 Å². The Balaban J connectivity index is 1.78. The van der Waals surface area contributed by atoms with Gasteiger partial charge in [-0.2, -0.15) is 0 Å². The molecule has 0 spiro atoms. The Morgan fingerprint density at radius 2 is 1.74 bits per heavy atom. The Bertz CT molecular complexity index is 1300. The molecule has 34 heavy (non-hydrogen) atoms. The molecule has 3 aromatic carbocycles. The van der Waals surface area contributed by atoms with Gasteiger partial charge in [0, 0.05) is 21.7 Å². The van der Waals surface area contributed by atoms with Gasteiger partial charge in [-0.15, -0.1) is 0 Å². The van der Waals surface area contributed by atoms with Gasteiger partial charge >= 0.3 is 0 Å². The van der Waals surface area contributed by atoms with Crippen LogP contribution in [0.5, 0.6) is 5.75 Å². The van der Waals surface area contributed by atoms with Gasteiger partial charge in [0.15, 0.2) is 0 Å². The minimum Gasteiger partial charge on any atom is -0.508 e. The molecule has 0 aliphatic rings. The number of anilines is 1. The van der Waals surface area contributed by atoms with Crippen molar-refractivity contribution in [3.63, 3.8) is 0 Å². The van der Waals surface area contributed by atoms with Gasteiger partial charge in [0.05, 0.1) is 16.0 Å². The first kappa shape index (κ1) is 24.1. The van der Waals surface area contributed by atoms with Crippen molar-refractivity contribution >= 4 is 46.6 Å². The van der Waals surface area contributed by atoms with Crippen LogP contribution in [0.1, 0.15) is 31.2 Å². The summed E-state index contributed by atoms with van der Waals surface area (Å²) in [7, 11) is 0. The highest BCUT2D eigenvalue weighted by molar-refractivity contribution is 6.39.